The second-order valence-corrected chi connectivity index (χ2v) is 5.66. The fourth-order valence-electron chi connectivity index (χ4n) is 2.70. The molecule has 24 heavy (non-hydrogen) atoms. The number of nitrogens with one attached hydrogen (secondary N) is 1. The number of halogens is 1. The number of pyridine rings is 1. The molecular formula is C17H16FN3O3. The molecule has 1 aromatic carbocycles. The highest BCUT2D eigenvalue weighted by molar-refractivity contribution is 6.13. The van der Waals surface area contributed by atoms with Crippen LogP contribution in [-0.4, -0.2) is 22.9 Å². The van der Waals surface area contributed by atoms with Crippen molar-refractivity contribution >= 4 is 23.2 Å². The first-order chi connectivity index (χ1) is 11.5. The van der Waals surface area contributed by atoms with E-state index in [0.29, 0.717) is 24.3 Å². The third kappa shape index (κ3) is 3.05. The number of carbonyl (C=O) groups is 2. The zero-order valence-electron chi connectivity index (χ0n) is 13.0. The van der Waals surface area contributed by atoms with Crippen molar-refractivity contribution < 1.29 is 14.0 Å². The quantitative estimate of drug-likeness (QED) is 0.868. The summed E-state index contributed by atoms with van der Waals surface area (Å²) in [7, 11) is 1.58. The number of hydrogen-bond donors (Lipinski definition) is 1. The summed E-state index contributed by atoms with van der Waals surface area (Å²) in [4.78, 5) is 37.6. The third-order valence-electron chi connectivity index (χ3n) is 4.01. The monoisotopic (exact) mass is 329 g/mol. The second-order valence-electron chi connectivity index (χ2n) is 5.66. The van der Waals surface area contributed by atoms with Crippen LogP contribution in [0.1, 0.15) is 6.42 Å². The van der Waals surface area contributed by atoms with Crippen LogP contribution in [0.2, 0.25) is 0 Å². The van der Waals surface area contributed by atoms with Gasteiger partial charge in [0.05, 0.1) is 5.69 Å². The fourth-order valence-corrected chi connectivity index (χ4v) is 2.70. The number of nitrogens with zero attached hydrogens (tertiary/aromatic N) is 2. The highest BCUT2D eigenvalue weighted by atomic mass is 19.1. The smallest absolute Gasteiger partial charge is 0.250 e. The van der Waals surface area contributed by atoms with Crippen LogP contribution in [0.4, 0.5) is 15.8 Å². The topological polar surface area (TPSA) is 71.4 Å². The third-order valence-corrected chi connectivity index (χ3v) is 4.01. The van der Waals surface area contributed by atoms with Crippen LogP contribution in [0.15, 0.2) is 47.4 Å². The van der Waals surface area contributed by atoms with E-state index < -0.39 is 11.8 Å². The van der Waals surface area contributed by atoms with E-state index in [1.54, 1.807) is 7.05 Å². The van der Waals surface area contributed by atoms with Gasteiger partial charge in [-0.3, -0.25) is 14.4 Å². The molecule has 0 bridgehead atoms. The van der Waals surface area contributed by atoms with Crippen LogP contribution in [0.3, 0.4) is 0 Å². The number of hydrogen-bond acceptors (Lipinski definition) is 3. The molecule has 1 unspecified atom stereocenters. The number of carbonyl (C=O) groups excluding carboxylic acids is 2. The van der Waals surface area contributed by atoms with Gasteiger partial charge in [-0.25, -0.2) is 4.39 Å². The van der Waals surface area contributed by atoms with Crippen molar-refractivity contribution in [1.29, 1.82) is 0 Å². The average molecular weight is 329 g/mol. The van der Waals surface area contributed by atoms with Crippen molar-refractivity contribution in [1.82, 2.24) is 4.57 Å². The lowest BCUT2D eigenvalue weighted by molar-refractivity contribution is -0.129. The Morgan fingerprint density at radius 1 is 1.17 bits per heavy atom. The lowest BCUT2D eigenvalue weighted by Crippen LogP contribution is -2.33. The van der Waals surface area contributed by atoms with Crippen molar-refractivity contribution in [3.8, 4) is 0 Å². The summed E-state index contributed by atoms with van der Waals surface area (Å²) in [5.41, 5.74) is 0.835. The Labute approximate surface area is 137 Å². The summed E-state index contributed by atoms with van der Waals surface area (Å²) in [5.74, 6) is -1.91. The summed E-state index contributed by atoms with van der Waals surface area (Å²) in [6.07, 6.45) is 1.88. The maximum Gasteiger partial charge on any atom is 0.250 e. The molecule has 1 aliphatic heterocycles. The summed E-state index contributed by atoms with van der Waals surface area (Å²) in [5, 5.41) is 2.66. The van der Waals surface area contributed by atoms with Crippen molar-refractivity contribution in [3.63, 3.8) is 0 Å². The van der Waals surface area contributed by atoms with Gasteiger partial charge in [0, 0.05) is 31.5 Å². The molecule has 1 N–H and O–H groups in total. The van der Waals surface area contributed by atoms with Crippen LogP contribution < -0.4 is 15.8 Å². The maximum absolute atomic E-state index is 13.0. The molecule has 0 aliphatic carbocycles. The Morgan fingerprint density at radius 3 is 2.54 bits per heavy atom. The number of aromatic nitrogens is 1. The van der Waals surface area contributed by atoms with Gasteiger partial charge in [0.25, 0.3) is 0 Å². The Morgan fingerprint density at radius 2 is 1.88 bits per heavy atom. The number of aryl methyl sites for hydroxylation is 1. The predicted molar refractivity (Wildman–Crippen MR) is 87.2 cm³/mol. The lowest BCUT2D eigenvalue weighted by atomic mass is 10.1. The Hall–Kier alpha value is -2.96. The fraction of sp³-hybridized carbons (Fsp3) is 0.235. The minimum Gasteiger partial charge on any atom is -0.324 e. The standard InChI is InChI=1S/C17H16FN3O3/c1-20-10-12(4-7-15(20)22)19-16(23)14-8-9-21(17(14)24)13-5-2-11(18)3-6-13/h2-7,10,14H,8-9H2,1H3,(H,19,23). The number of rotatable bonds is 3. The lowest BCUT2D eigenvalue weighted by Gasteiger charge is -2.16. The molecular weight excluding hydrogens is 313 g/mol. The van der Waals surface area contributed by atoms with Gasteiger partial charge < -0.3 is 14.8 Å². The van der Waals surface area contributed by atoms with Gasteiger partial charge in [-0.05, 0) is 36.8 Å². The summed E-state index contributed by atoms with van der Waals surface area (Å²) in [6.45, 7) is 0.399. The van der Waals surface area contributed by atoms with E-state index in [2.05, 4.69) is 5.32 Å². The zero-order chi connectivity index (χ0) is 17.3. The molecule has 1 fully saturated rings. The molecule has 124 valence electrons. The molecule has 1 aliphatic rings. The molecule has 2 heterocycles. The van der Waals surface area contributed by atoms with E-state index in [-0.39, 0.29) is 17.3 Å². The summed E-state index contributed by atoms with van der Waals surface area (Å²) >= 11 is 0. The van der Waals surface area contributed by atoms with Crippen LogP contribution >= 0.6 is 0 Å². The van der Waals surface area contributed by atoms with Crippen molar-refractivity contribution in [2.45, 2.75) is 6.42 Å². The first-order valence-corrected chi connectivity index (χ1v) is 7.50. The van der Waals surface area contributed by atoms with Crippen LogP contribution in [0, 0.1) is 11.7 Å². The SMILES string of the molecule is Cn1cc(NC(=O)C2CCN(c3ccc(F)cc3)C2=O)ccc1=O. The average Bonchev–Trinajstić information content (AvgIpc) is 2.93. The van der Waals surface area contributed by atoms with Gasteiger partial charge in [0.15, 0.2) is 0 Å². The van der Waals surface area contributed by atoms with Gasteiger partial charge in [-0.2, -0.15) is 0 Å². The highest BCUT2D eigenvalue weighted by Crippen LogP contribution is 2.26. The molecule has 2 aromatic rings. The largest absolute Gasteiger partial charge is 0.324 e. The Balaban J connectivity index is 1.72. The highest BCUT2D eigenvalue weighted by Gasteiger charge is 2.37. The number of benzene rings is 1. The van der Waals surface area contributed by atoms with Crippen LogP contribution in [-0.2, 0) is 16.6 Å². The molecule has 2 amide bonds. The molecule has 0 spiro atoms. The Kier molecular flexibility index (Phi) is 4.16. The summed E-state index contributed by atoms with van der Waals surface area (Å²) < 4.78 is 14.3. The van der Waals surface area contributed by atoms with E-state index in [1.165, 1.54) is 52.1 Å². The first-order valence-electron chi connectivity index (χ1n) is 7.50. The predicted octanol–water partition coefficient (Wildman–Crippen LogP) is 1.52. The number of anilines is 2. The Bertz CT molecular complexity index is 845. The summed E-state index contributed by atoms with van der Waals surface area (Å²) in [6, 6.07) is 8.43. The molecule has 1 aromatic heterocycles. The molecule has 1 saturated heterocycles. The van der Waals surface area contributed by atoms with E-state index in [0.717, 1.165) is 0 Å². The van der Waals surface area contributed by atoms with Gasteiger partial charge in [-0.1, -0.05) is 0 Å². The van der Waals surface area contributed by atoms with E-state index in [1.807, 2.05) is 0 Å². The minimum absolute atomic E-state index is 0.188. The van der Waals surface area contributed by atoms with Gasteiger partial charge >= 0.3 is 0 Å². The van der Waals surface area contributed by atoms with Crippen LogP contribution in [0.5, 0.6) is 0 Å². The van der Waals surface area contributed by atoms with Crippen molar-refractivity contribution in [2.24, 2.45) is 13.0 Å². The molecule has 0 saturated carbocycles. The molecule has 0 radical (unpaired) electrons. The zero-order valence-corrected chi connectivity index (χ0v) is 13.0. The van der Waals surface area contributed by atoms with Crippen molar-refractivity contribution in [3.05, 3.63) is 58.8 Å². The van der Waals surface area contributed by atoms with E-state index in [4.69, 9.17) is 0 Å². The van der Waals surface area contributed by atoms with Gasteiger partial charge in [-0.15, -0.1) is 0 Å². The minimum atomic E-state index is -0.799. The second kappa shape index (κ2) is 6.27. The number of amides is 2. The van der Waals surface area contributed by atoms with Crippen LogP contribution in [0.25, 0.3) is 0 Å². The first kappa shape index (κ1) is 15.9. The maximum atomic E-state index is 13.0. The van der Waals surface area contributed by atoms with E-state index >= 15 is 0 Å². The molecule has 7 heteroatoms. The normalized spacial score (nSPS) is 17.2. The molecule has 3 rings (SSSR count). The van der Waals surface area contributed by atoms with E-state index in [9.17, 15) is 18.8 Å². The molecule has 1 atom stereocenters. The van der Waals surface area contributed by atoms with Crippen molar-refractivity contribution in [2.75, 3.05) is 16.8 Å². The van der Waals surface area contributed by atoms with Gasteiger partial charge in [0.1, 0.15) is 11.7 Å². The van der Waals surface area contributed by atoms with Gasteiger partial charge in [0.2, 0.25) is 17.4 Å². The molecule has 6 nitrogen and oxygen atoms in total.